The number of hydrogen-bond acceptors (Lipinski definition) is 2. The van der Waals surface area contributed by atoms with E-state index < -0.39 is 0 Å². The number of likely N-dealkylation sites (tertiary alicyclic amines) is 1. The van der Waals surface area contributed by atoms with Crippen LogP contribution >= 0.6 is 0 Å². The van der Waals surface area contributed by atoms with Crippen molar-refractivity contribution in [2.24, 2.45) is 11.7 Å². The van der Waals surface area contributed by atoms with Gasteiger partial charge in [0.15, 0.2) is 0 Å². The average molecular weight is 236 g/mol. The van der Waals surface area contributed by atoms with E-state index in [1.165, 1.54) is 58.0 Å². The van der Waals surface area contributed by atoms with Gasteiger partial charge in [0.2, 0.25) is 0 Å². The maximum Gasteiger partial charge on any atom is 0.0278 e. The van der Waals surface area contributed by atoms with Crippen LogP contribution in [0.1, 0.15) is 51.9 Å². The van der Waals surface area contributed by atoms with Crippen LogP contribution in [0, 0.1) is 5.92 Å². The average Bonchev–Trinajstić information content (AvgIpc) is 2.29. The van der Waals surface area contributed by atoms with E-state index in [0.29, 0.717) is 12.1 Å². The molecule has 2 heteroatoms. The molecule has 2 unspecified atom stereocenters. The largest absolute Gasteiger partial charge is 0.328 e. The number of piperidine rings is 1. The summed E-state index contributed by atoms with van der Waals surface area (Å²) in [5.41, 5.74) is 6.00. The quantitative estimate of drug-likeness (QED) is 0.747. The van der Waals surface area contributed by atoms with Gasteiger partial charge in [0.1, 0.15) is 0 Å². The Morgan fingerprint density at radius 2 is 1.88 bits per heavy atom. The van der Waals surface area contributed by atoms with Crippen molar-refractivity contribution in [3.63, 3.8) is 0 Å². The third-order valence-electron chi connectivity index (χ3n) is 4.52. The minimum Gasteiger partial charge on any atom is -0.328 e. The van der Waals surface area contributed by atoms with Gasteiger partial charge in [0, 0.05) is 12.1 Å². The minimum absolute atomic E-state index is 0.380. The van der Waals surface area contributed by atoms with E-state index in [9.17, 15) is 0 Å². The molecule has 1 heterocycles. The summed E-state index contributed by atoms with van der Waals surface area (Å²) in [4.78, 5) is 2.68. The van der Waals surface area contributed by atoms with Crippen LogP contribution in [0.2, 0.25) is 0 Å². The zero-order valence-corrected chi connectivity index (χ0v) is 11.3. The van der Waals surface area contributed by atoms with Crippen LogP contribution in [0.15, 0.2) is 12.2 Å². The number of allylic oxidation sites excluding steroid dienone is 1. The van der Waals surface area contributed by atoms with E-state index in [4.69, 9.17) is 5.73 Å². The van der Waals surface area contributed by atoms with Gasteiger partial charge in [0.05, 0.1) is 0 Å². The van der Waals surface area contributed by atoms with Crippen LogP contribution in [0.3, 0.4) is 0 Å². The SMILES string of the molecule is CC(N)C1CCN(C2/C=C/CCCCC2)CC1. The molecule has 0 radical (unpaired) electrons. The lowest BCUT2D eigenvalue weighted by atomic mass is 9.89. The standard InChI is InChI=1S/C15H28N2/c1-13(16)14-9-11-17(12-10-14)15-7-5-3-2-4-6-8-15/h5,7,13-15H,2-4,6,8-12,16H2,1H3/b7-5+. The van der Waals surface area contributed by atoms with E-state index >= 15 is 0 Å². The summed E-state index contributed by atoms with van der Waals surface area (Å²) >= 11 is 0. The van der Waals surface area contributed by atoms with Crippen LogP contribution in [-0.2, 0) is 0 Å². The normalized spacial score (nSPS) is 32.7. The predicted octanol–water partition coefficient (Wildman–Crippen LogP) is 2.93. The second-order valence-corrected chi connectivity index (χ2v) is 5.87. The Labute approximate surface area is 106 Å². The van der Waals surface area contributed by atoms with Crippen LogP contribution in [-0.4, -0.2) is 30.1 Å². The van der Waals surface area contributed by atoms with E-state index in [1.807, 2.05) is 0 Å². The van der Waals surface area contributed by atoms with Gasteiger partial charge in [-0.25, -0.2) is 0 Å². The Kier molecular flexibility index (Phi) is 5.05. The molecule has 1 aliphatic heterocycles. The predicted molar refractivity (Wildman–Crippen MR) is 74.0 cm³/mol. The maximum atomic E-state index is 6.00. The number of hydrogen-bond donors (Lipinski definition) is 1. The van der Waals surface area contributed by atoms with Crippen molar-refractivity contribution in [1.82, 2.24) is 4.90 Å². The van der Waals surface area contributed by atoms with Crippen molar-refractivity contribution in [2.75, 3.05) is 13.1 Å². The minimum atomic E-state index is 0.380. The van der Waals surface area contributed by atoms with E-state index in [1.54, 1.807) is 0 Å². The van der Waals surface area contributed by atoms with Crippen molar-refractivity contribution in [1.29, 1.82) is 0 Å². The lowest BCUT2D eigenvalue weighted by Gasteiger charge is -2.38. The third-order valence-corrected chi connectivity index (χ3v) is 4.52. The van der Waals surface area contributed by atoms with Crippen molar-refractivity contribution in [2.45, 2.75) is 64.0 Å². The van der Waals surface area contributed by atoms with Gasteiger partial charge in [0.25, 0.3) is 0 Å². The van der Waals surface area contributed by atoms with Gasteiger partial charge in [-0.1, -0.05) is 25.0 Å². The molecule has 2 atom stereocenters. The van der Waals surface area contributed by atoms with Gasteiger partial charge in [-0.3, -0.25) is 4.90 Å². The molecular formula is C15H28N2. The molecule has 0 aromatic rings. The lowest BCUT2D eigenvalue weighted by Crippen LogP contribution is -2.44. The first-order chi connectivity index (χ1) is 8.27. The van der Waals surface area contributed by atoms with Gasteiger partial charge >= 0.3 is 0 Å². The highest BCUT2D eigenvalue weighted by Gasteiger charge is 2.25. The summed E-state index contributed by atoms with van der Waals surface area (Å²) in [6, 6.07) is 1.09. The maximum absolute atomic E-state index is 6.00. The summed E-state index contributed by atoms with van der Waals surface area (Å²) in [5, 5.41) is 0. The fourth-order valence-corrected chi connectivity index (χ4v) is 3.22. The first kappa shape index (κ1) is 13.1. The third kappa shape index (κ3) is 3.82. The van der Waals surface area contributed by atoms with Crippen LogP contribution in [0.25, 0.3) is 0 Å². The molecular weight excluding hydrogens is 208 g/mol. The highest BCUT2D eigenvalue weighted by molar-refractivity contribution is 4.97. The Bertz CT molecular complexity index is 239. The summed E-state index contributed by atoms with van der Waals surface area (Å²) in [6.07, 6.45) is 14.3. The molecule has 2 nitrogen and oxygen atoms in total. The van der Waals surface area contributed by atoms with Gasteiger partial charge in [-0.2, -0.15) is 0 Å². The Morgan fingerprint density at radius 1 is 1.12 bits per heavy atom. The number of nitrogens with zero attached hydrogens (tertiary/aromatic N) is 1. The highest BCUT2D eigenvalue weighted by atomic mass is 15.2. The van der Waals surface area contributed by atoms with Crippen LogP contribution in [0.4, 0.5) is 0 Å². The number of rotatable bonds is 2. The summed E-state index contributed by atoms with van der Waals surface area (Å²) < 4.78 is 0. The molecule has 2 aliphatic rings. The molecule has 1 fully saturated rings. The molecule has 2 N–H and O–H groups in total. The summed E-state index contributed by atoms with van der Waals surface area (Å²) in [5.74, 6) is 0.754. The summed E-state index contributed by atoms with van der Waals surface area (Å²) in [6.45, 7) is 4.67. The van der Waals surface area contributed by atoms with Gasteiger partial charge in [-0.15, -0.1) is 0 Å². The molecule has 0 aromatic carbocycles. The first-order valence-electron chi connectivity index (χ1n) is 7.43. The fraction of sp³-hybridized carbons (Fsp3) is 0.867. The number of nitrogens with two attached hydrogens (primary N) is 1. The van der Waals surface area contributed by atoms with Gasteiger partial charge < -0.3 is 5.73 Å². The molecule has 0 aromatic heterocycles. The Morgan fingerprint density at radius 3 is 2.59 bits per heavy atom. The molecule has 17 heavy (non-hydrogen) atoms. The molecule has 0 bridgehead atoms. The molecule has 1 saturated heterocycles. The second-order valence-electron chi connectivity index (χ2n) is 5.87. The monoisotopic (exact) mass is 236 g/mol. The van der Waals surface area contributed by atoms with E-state index in [0.717, 1.165) is 5.92 Å². The second kappa shape index (κ2) is 6.55. The van der Waals surface area contributed by atoms with Crippen molar-refractivity contribution < 1.29 is 0 Å². The highest BCUT2D eigenvalue weighted by Crippen LogP contribution is 2.24. The fourth-order valence-electron chi connectivity index (χ4n) is 3.22. The Hall–Kier alpha value is -0.340. The molecule has 0 saturated carbocycles. The van der Waals surface area contributed by atoms with Crippen molar-refractivity contribution in [3.8, 4) is 0 Å². The lowest BCUT2D eigenvalue weighted by molar-refractivity contribution is 0.138. The Balaban J connectivity index is 1.84. The van der Waals surface area contributed by atoms with Crippen molar-refractivity contribution in [3.05, 3.63) is 12.2 Å². The zero-order valence-electron chi connectivity index (χ0n) is 11.3. The van der Waals surface area contributed by atoms with Gasteiger partial charge in [-0.05, 0) is 58.0 Å². The van der Waals surface area contributed by atoms with Crippen LogP contribution in [0.5, 0.6) is 0 Å². The van der Waals surface area contributed by atoms with Crippen molar-refractivity contribution >= 4 is 0 Å². The van der Waals surface area contributed by atoms with E-state index in [-0.39, 0.29) is 0 Å². The summed E-state index contributed by atoms with van der Waals surface area (Å²) in [7, 11) is 0. The smallest absolute Gasteiger partial charge is 0.0278 e. The van der Waals surface area contributed by atoms with Crippen LogP contribution < -0.4 is 5.73 Å². The zero-order chi connectivity index (χ0) is 12.1. The molecule has 0 spiro atoms. The first-order valence-corrected chi connectivity index (χ1v) is 7.43. The molecule has 1 aliphatic carbocycles. The molecule has 2 rings (SSSR count). The topological polar surface area (TPSA) is 29.3 Å². The molecule has 98 valence electrons. The molecule has 0 amide bonds. The van der Waals surface area contributed by atoms with E-state index in [2.05, 4.69) is 24.0 Å².